The third kappa shape index (κ3) is 5.11. The molecular formula is C19H29FN4. The van der Waals surface area contributed by atoms with Crippen molar-refractivity contribution in [2.45, 2.75) is 45.1 Å². The average Bonchev–Trinajstić information content (AvgIpc) is 3.40. The Kier molecular flexibility index (Phi) is 5.94. The van der Waals surface area contributed by atoms with Crippen molar-refractivity contribution in [3.05, 3.63) is 30.1 Å². The highest BCUT2D eigenvalue weighted by atomic mass is 19.1. The monoisotopic (exact) mass is 332 g/mol. The van der Waals surface area contributed by atoms with Gasteiger partial charge in [-0.2, -0.15) is 0 Å². The Balaban J connectivity index is 1.47. The fourth-order valence-corrected chi connectivity index (χ4v) is 3.23. The number of rotatable bonds is 6. The zero-order valence-electron chi connectivity index (χ0n) is 14.6. The first-order chi connectivity index (χ1) is 11.7. The van der Waals surface area contributed by atoms with E-state index in [0.717, 1.165) is 56.6 Å². The first-order valence-corrected chi connectivity index (χ1v) is 9.30. The van der Waals surface area contributed by atoms with E-state index in [9.17, 15) is 4.39 Å². The minimum atomic E-state index is -0.162. The van der Waals surface area contributed by atoms with Gasteiger partial charge in [-0.15, -0.1) is 0 Å². The van der Waals surface area contributed by atoms with E-state index >= 15 is 0 Å². The largest absolute Gasteiger partial charge is 0.371 e. The number of benzene rings is 1. The van der Waals surface area contributed by atoms with Crippen molar-refractivity contribution in [2.75, 3.05) is 31.1 Å². The lowest BCUT2D eigenvalue weighted by molar-refractivity contribution is 0.461. The van der Waals surface area contributed by atoms with Crippen LogP contribution in [0.3, 0.4) is 0 Å². The van der Waals surface area contributed by atoms with Gasteiger partial charge >= 0.3 is 0 Å². The lowest BCUT2D eigenvalue weighted by atomic mass is 10.0. The molecule has 2 N–H and O–H groups in total. The first kappa shape index (κ1) is 17.1. The Labute approximate surface area is 144 Å². The van der Waals surface area contributed by atoms with Crippen LogP contribution in [0.25, 0.3) is 0 Å². The van der Waals surface area contributed by atoms with E-state index in [2.05, 4.69) is 22.5 Å². The molecule has 4 nitrogen and oxygen atoms in total. The van der Waals surface area contributed by atoms with Crippen LogP contribution in [-0.2, 0) is 0 Å². The number of guanidine groups is 1. The predicted octanol–water partition coefficient (Wildman–Crippen LogP) is 3.15. The number of piperidine rings is 1. The van der Waals surface area contributed by atoms with Gasteiger partial charge in [0.25, 0.3) is 0 Å². The van der Waals surface area contributed by atoms with E-state index in [1.54, 1.807) is 12.1 Å². The molecule has 0 aromatic heterocycles. The quantitative estimate of drug-likeness (QED) is 0.621. The highest BCUT2D eigenvalue weighted by molar-refractivity contribution is 5.80. The summed E-state index contributed by atoms with van der Waals surface area (Å²) < 4.78 is 13.4. The summed E-state index contributed by atoms with van der Waals surface area (Å²) in [6.07, 6.45) is 6.08. The van der Waals surface area contributed by atoms with Crippen LogP contribution >= 0.6 is 0 Å². The molecule has 2 fully saturated rings. The first-order valence-electron chi connectivity index (χ1n) is 9.30. The van der Waals surface area contributed by atoms with Gasteiger partial charge in [0.15, 0.2) is 5.96 Å². The van der Waals surface area contributed by atoms with Gasteiger partial charge in [0.05, 0.1) is 0 Å². The third-order valence-corrected chi connectivity index (χ3v) is 4.86. The molecule has 1 aromatic carbocycles. The topological polar surface area (TPSA) is 39.7 Å². The van der Waals surface area contributed by atoms with E-state index < -0.39 is 0 Å². The van der Waals surface area contributed by atoms with Crippen molar-refractivity contribution in [1.82, 2.24) is 10.6 Å². The number of hydrogen-bond acceptors (Lipinski definition) is 2. The molecule has 0 atom stereocenters. The Bertz CT molecular complexity index is 548. The smallest absolute Gasteiger partial charge is 0.191 e. The SMILES string of the molecule is CCNC(=NCCC1CC1)NC1CCN(c2cccc(F)c2)CC1. The second kappa shape index (κ2) is 8.36. The maximum absolute atomic E-state index is 13.4. The minimum Gasteiger partial charge on any atom is -0.371 e. The summed E-state index contributed by atoms with van der Waals surface area (Å²) >= 11 is 0. The number of aliphatic imine (C=N–C) groups is 1. The maximum Gasteiger partial charge on any atom is 0.191 e. The summed E-state index contributed by atoms with van der Waals surface area (Å²) in [5.41, 5.74) is 0.985. The van der Waals surface area contributed by atoms with Crippen LogP contribution in [0.2, 0.25) is 0 Å². The Hall–Kier alpha value is -1.78. The molecule has 132 valence electrons. The fourth-order valence-electron chi connectivity index (χ4n) is 3.23. The number of anilines is 1. The Morgan fingerprint density at radius 1 is 1.25 bits per heavy atom. The van der Waals surface area contributed by atoms with Crippen LogP contribution in [0.1, 0.15) is 39.0 Å². The van der Waals surface area contributed by atoms with Gasteiger partial charge in [-0.1, -0.05) is 18.9 Å². The van der Waals surface area contributed by atoms with E-state index in [0.29, 0.717) is 6.04 Å². The predicted molar refractivity (Wildman–Crippen MR) is 98.1 cm³/mol. The van der Waals surface area contributed by atoms with Crippen molar-refractivity contribution in [3.63, 3.8) is 0 Å². The fraction of sp³-hybridized carbons (Fsp3) is 0.632. The lowest BCUT2D eigenvalue weighted by Crippen LogP contribution is -2.48. The Morgan fingerprint density at radius 2 is 2.04 bits per heavy atom. The molecule has 24 heavy (non-hydrogen) atoms. The van der Waals surface area contributed by atoms with Crippen LogP contribution < -0.4 is 15.5 Å². The molecule has 5 heteroatoms. The van der Waals surface area contributed by atoms with Crippen molar-refractivity contribution in [3.8, 4) is 0 Å². The summed E-state index contributed by atoms with van der Waals surface area (Å²) in [5.74, 6) is 1.71. The molecular weight excluding hydrogens is 303 g/mol. The van der Waals surface area contributed by atoms with Gasteiger partial charge in [-0.3, -0.25) is 4.99 Å². The van der Waals surface area contributed by atoms with E-state index in [1.807, 2.05) is 6.07 Å². The van der Waals surface area contributed by atoms with Gasteiger partial charge in [0.2, 0.25) is 0 Å². The minimum absolute atomic E-state index is 0.162. The maximum atomic E-state index is 13.4. The van der Waals surface area contributed by atoms with Gasteiger partial charge in [-0.05, 0) is 50.3 Å². The molecule has 3 rings (SSSR count). The van der Waals surface area contributed by atoms with E-state index in [4.69, 9.17) is 4.99 Å². The van der Waals surface area contributed by atoms with Crippen molar-refractivity contribution in [1.29, 1.82) is 0 Å². The summed E-state index contributed by atoms with van der Waals surface area (Å²) in [6, 6.07) is 7.33. The standard InChI is InChI=1S/C19H29FN4/c1-2-21-19(22-11-8-15-6-7-15)23-17-9-12-24(13-10-17)18-5-3-4-16(20)14-18/h3-5,14-15,17H,2,6-13H2,1H3,(H2,21,22,23). The van der Waals surface area contributed by atoms with Crippen LogP contribution in [-0.4, -0.2) is 38.2 Å². The molecule has 0 amide bonds. The summed E-state index contributed by atoms with van der Waals surface area (Å²) in [4.78, 5) is 6.97. The molecule has 2 aliphatic rings. The third-order valence-electron chi connectivity index (χ3n) is 4.86. The molecule has 0 spiro atoms. The van der Waals surface area contributed by atoms with Crippen molar-refractivity contribution in [2.24, 2.45) is 10.9 Å². The highest BCUT2D eigenvalue weighted by Gasteiger charge is 2.22. The van der Waals surface area contributed by atoms with Crippen LogP contribution in [0.15, 0.2) is 29.3 Å². The molecule has 1 aliphatic carbocycles. The summed E-state index contributed by atoms with van der Waals surface area (Å²) in [6.45, 7) is 5.80. The van der Waals surface area contributed by atoms with Gasteiger partial charge in [0.1, 0.15) is 5.82 Å². The molecule has 1 aromatic rings. The molecule has 0 unspecified atom stereocenters. The Morgan fingerprint density at radius 3 is 2.71 bits per heavy atom. The van der Waals surface area contributed by atoms with Crippen molar-refractivity contribution < 1.29 is 4.39 Å². The van der Waals surface area contributed by atoms with E-state index in [-0.39, 0.29) is 5.82 Å². The van der Waals surface area contributed by atoms with Crippen molar-refractivity contribution >= 4 is 11.6 Å². The normalized spacial score (nSPS) is 19.4. The highest BCUT2D eigenvalue weighted by Crippen LogP contribution is 2.32. The van der Waals surface area contributed by atoms with Gasteiger partial charge < -0.3 is 15.5 Å². The molecule has 1 saturated carbocycles. The number of nitrogens with one attached hydrogen (secondary N) is 2. The van der Waals surface area contributed by atoms with Crippen LogP contribution in [0, 0.1) is 11.7 Å². The number of hydrogen-bond donors (Lipinski definition) is 2. The second-order valence-corrected chi connectivity index (χ2v) is 6.88. The summed E-state index contributed by atoms with van der Waals surface area (Å²) in [5, 5.41) is 6.92. The molecule has 0 bridgehead atoms. The zero-order chi connectivity index (χ0) is 16.8. The molecule has 0 radical (unpaired) electrons. The molecule has 1 heterocycles. The molecule has 1 aliphatic heterocycles. The van der Waals surface area contributed by atoms with Crippen LogP contribution in [0.4, 0.5) is 10.1 Å². The number of halogens is 1. The summed E-state index contributed by atoms with van der Waals surface area (Å²) in [7, 11) is 0. The number of nitrogens with zero attached hydrogens (tertiary/aromatic N) is 2. The average molecular weight is 332 g/mol. The second-order valence-electron chi connectivity index (χ2n) is 6.88. The van der Waals surface area contributed by atoms with Gasteiger partial charge in [0, 0.05) is 37.9 Å². The van der Waals surface area contributed by atoms with Gasteiger partial charge in [-0.25, -0.2) is 4.39 Å². The molecule has 1 saturated heterocycles. The lowest BCUT2D eigenvalue weighted by Gasteiger charge is -2.34. The van der Waals surface area contributed by atoms with E-state index in [1.165, 1.54) is 25.3 Å². The zero-order valence-corrected chi connectivity index (χ0v) is 14.6. The van der Waals surface area contributed by atoms with Crippen LogP contribution in [0.5, 0.6) is 0 Å².